The van der Waals surface area contributed by atoms with E-state index in [2.05, 4.69) is 0 Å². The van der Waals surface area contributed by atoms with Crippen molar-refractivity contribution >= 4 is 21.4 Å². The molecule has 0 amide bonds. The summed E-state index contributed by atoms with van der Waals surface area (Å²) in [6, 6.07) is 3.53. The average Bonchev–Trinajstić information content (AvgIpc) is 2.51. The molecule has 0 bridgehead atoms. The highest BCUT2D eigenvalue weighted by atomic mass is 32.1. The molecule has 3 nitrogen and oxygen atoms in total. The zero-order chi connectivity index (χ0) is 9.42. The fourth-order valence-corrected chi connectivity index (χ4v) is 1.89. The molecule has 68 valence electrons. The molecule has 0 radical (unpaired) electrons. The summed E-state index contributed by atoms with van der Waals surface area (Å²) >= 11 is 1.35. The minimum atomic E-state index is -0.739. The summed E-state index contributed by atoms with van der Waals surface area (Å²) in [7, 11) is 0. The Morgan fingerprint density at radius 1 is 1.62 bits per heavy atom. The van der Waals surface area contributed by atoms with Crippen LogP contribution in [-0.4, -0.2) is 5.11 Å². The van der Waals surface area contributed by atoms with Crippen molar-refractivity contribution in [2.75, 3.05) is 0 Å². The predicted molar refractivity (Wildman–Crippen MR) is 51.0 cm³/mol. The first kappa shape index (κ1) is 8.47. The molecule has 2 aromatic heterocycles. The van der Waals surface area contributed by atoms with Gasteiger partial charge in [-0.25, -0.2) is 4.79 Å². The van der Waals surface area contributed by atoms with Gasteiger partial charge in [0, 0.05) is 5.39 Å². The Morgan fingerprint density at radius 2 is 2.38 bits per heavy atom. The van der Waals surface area contributed by atoms with Crippen LogP contribution in [0.15, 0.2) is 26.7 Å². The average molecular weight is 196 g/mol. The molecule has 4 heteroatoms. The Balaban J connectivity index is 2.77. The van der Waals surface area contributed by atoms with Crippen LogP contribution in [0, 0.1) is 0 Å². The molecule has 0 saturated carbocycles. The van der Waals surface area contributed by atoms with Crippen LogP contribution in [-0.2, 0) is 0 Å². The van der Waals surface area contributed by atoms with Crippen molar-refractivity contribution in [1.29, 1.82) is 0 Å². The van der Waals surface area contributed by atoms with E-state index in [1.54, 1.807) is 13.0 Å². The van der Waals surface area contributed by atoms with Crippen molar-refractivity contribution in [3.8, 4) is 0 Å². The highest BCUT2D eigenvalue weighted by Crippen LogP contribution is 2.20. The lowest BCUT2D eigenvalue weighted by Crippen LogP contribution is -2.01. The first-order valence-corrected chi connectivity index (χ1v) is 4.76. The first-order chi connectivity index (χ1) is 6.18. The van der Waals surface area contributed by atoms with E-state index in [0.29, 0.717) is 10.5 Å². The molecule has 2 aromatic rings. The second-order valence-corrected chi connectivity index (χ2v) is 3.73. The predicted octanol–water partition coefficient (Wildman–Crippen LogP) is 1.91. The minimum Gasteiger partial charge on any atom is -0.424 e. The summed E-state index contributed by atoms with van der Waals surface area (Å²) in [6.45, 7) is 1.57. The number of rotatable bonds is 1. The Morgan fingerprint density at radius 3 is 3.08 bits per heavy atom. The zero-order valence-electron chi connectivity index (χ0n) is 6.98. The van der Waals surface area contributed by atoms with Gasteiger partial charge in [0.25, 0.3) is 0 Å². The van der Waals surface area contributed by atoms with Crippen molar-refractivity contribution in [2.24, 2.45) is 0 Å². The Hall–Kier alpha value is -1.13. The standard InChI is InChI=1S/C9H8O3S/c1-5(10)7-4-6-2-3-13-8(6)9(11)12-7/h2-5,10H,1H3. The molecule has 1 N–H and O–H groups in total. The molecule has 0 spiro atoms. The second-order valence-electron chi connectivity index (χ2n) is 2.82. The number of fused-ring (bicyclic) bond motifs is 1. The maximum Gasteiger partial charge on any atom is 0.354 e. The lowest BCUT2D eigenvalue weighted by atomic mass is 10.2. The molecule has 13 heavy (non-hydrogen) atoms. The van der Waals surface area contributed by atoms with Crippen LogP contribution >= 0.6 is 11.3 Å². The highest BCUT2D eigenvalue weighted by molar-refractivity contribution is 7.17. The smallest absolute Gasteiger partial charge is 0.354 e. The summed E-state index contributed by atoms with van der Waals surface area (Å²) in [5.74, 6) is 0.316. The third-order valence-electron chi connectivity index (χ3n) is 1.80. The summed E-state index contributed by atoms with van der Waals surface area (Å²) in [6.07, 6.45) is -0.739. The van der Waals surface area contributed by atoms with Gasteiger partial charge in [-0.3, -0.25) is 0 Å². The van der Waals surface area contributed by atoms with Gasteiger partial charge in [-0.15, -0.1) is 11.3 Å². The van der Waals surface area contributed by atoms with Crippen molar-refractivity contribution in [3.05, 3.63) is 33.7 Å². The molecule has 0 aromatic carbocycles. The third-order valence-corrected chi connectivity index (χ3v) is 2.71. The van der Waals surface area contributed by atoms with Crippen LogP contribution in [0.1, 0.15) is 18.8 Å². The Labute approximate surface area is 78.2 Å². The Kier molecular flexibility index (Phi) is 1.94. The van der Waals surface area contributed by atoms with E-state index in [9.17, 15) is 9.90 Å². The molecule has 0 fully saturated rings. The van der Waals surface area contributed by atoms with Crippen molar-refractivity contribution in [2.45, 2.75) is 13.0 Å². The molecular weight excluding hydrogens is 188 g/mol. The van der Waals surface area contributed by atoms with Gasteiger partial charge in [0.2, 0.25) is 0 Å². The van der Waals surface area contributed by atoms with Gasteiger partial charge in [-0.1, -0.05) is 0 Å². The van der Waals surface area contributed by atoms with E-state index in [-0.39, 0.29) is 5.63 Å². The number of thiophene rings is 1. The molecule has 0 saturated heterocycles. The van der Waals surface area contributed by atoms with E-state index >= 15 is 0 Å². The Bertz CT molecular complexity index is 481. The molecule has 2 heterocycles. The number of aliphatic hydroxyl groups excluding tert-OH is 1. The van der Waals surface area contributed by atoms with Crippen LogP contribution in [0.2, 0.25) is 0 Å². The molecule has 0 aliphatic heterocycles. The van der Waals surface area contributed by atoms with Gasteiger partial charge in [0.15, 0.2) is 0 Å². The maximum absolute atomic E-state index is 11.3. The quantitative estimate of drug-likeness (QED) is 0.757. The fraction of sp³-hybridized carbons (Fsp3) is 0.222. The normalized spacial score (nSPS) is 13.4. The number of hydrogen-bond donors (Lipinski definition) is 1. The lowest BCUT2D eigenvalue weighted by Gasteiger charge is -2.01. The van der Waals surface area contributed by atoms with Crippen molar-refractivity contribution in [1.82, 2.24) is 0 Å². The van der Waals surface area contributed by atoms with E-state index in [1.807, 2.05) is 11.4 Å². The zero-order valence-corrected chi connectivity index (χ0v) is 7.80. The summed E-state index contributed by atoms with van der Waals surface area (Å²) in [4.78, 5) is 11.3. The third kappa shape index (κ3) is 1.38. The van der Waals surface area contributed by atoms with Gasteiger partial charge in [-0.2, -0.15) is 0 Å². The van der Waals surface area contributed by atoms with Crippen LogP contribution < -0.4 is 5.63 Å². The molecule has 0 aliphatic rings. The van der Waals surface area contributed by atoms with E-state index in [1.165, 1.54) is 11.3 Å². The summed E-state index contributed by atoms with van der Waals surface area (Å²) in [5, 5.41) is 11.9. The highest BCUT2D eigenvalue weighted by Gasteiger charge is 2.08. The van der Waals surface area contributed by atoms with Crippen molar-refractivity contribution < 1.29 is 9.52 Å². The molecule has 0 aliphatic carbocycles. The van der Waals surface area contributed by atoms with Gasteiger partial charge in [0.1, 0.15) is 16.6 Å². The first-order valence-electron chi connectivity index (χ1n) is 3.88. The van der Waals surface area contributed by atoms with Gasteiger partial charge in [-0.05, 0) is 24.4 Å². The van der Waals surface area contributed by atoms with Gasteiger partial charge >= 0.3 is 5.63 Å². The second kappa shape index (κ2) is 2.97. The van der Waals surface area contributed by atoms with Crippen molar-refractivity contribution in [3.63, 3.8) is 0 Å². The van der Waals surface area contributed by atoms with Crippen LogP contribution in [0.25, 0.3) is 10.1 Å². The molecular formula is C9H8O3S. The van der Waals surface area contributed by atoms with Crippen LogP contribution in [0.3, 0.4) is 0 Å². The molecule has 1 unspecified atom stereocenters. The van der Waals surface area contributed by atoms with Gasteiger partial charge < -0.3 is 9.52 Å². The van der Waals surface area contributed by atoms with E-state index in [0.717, 1.165) is 5.39 Å². The SMILES string of the molecule is CC(O)c1cc2ccsc2c(=O)o1. The van der Waals surface area contributed by atoms with E-state index < -0.39 is 6.10 Å². The number of hydrogen-bond acceptors (Lipinski definition) is 4. The molecule has 2 rings (SSSR count). The van der Waals surface area contributed by atoms with Crippen LogP contribution in [0.5, 0.6) is 0 Å². The number of aliphatic hydroxyl groups is 1. The maximum atomic E-state index is 11.3. The lowest BCUT2D eigenvalue weighted by molar-refractivity contribution is 0.165. The monoisotopic (exact) mass is 196 g/mol. The minimum absolute atomic E-state index is 0.316. The van der Waals surface area contributed by atoms with Gasteiger partial charge in [0.05, 0.1) is 0 Å². The summed E-state index contributed by atoms with van der Waals surface area (Å²) in [5.41, 5.74) is -0.372. The topological polar surface area (TPSA) is 50.4 Å². The van der Waals surface area contributed by atoms with Crippen LogP contribution in [0.4, 0.5) is 0 Å². The summed E-state index contributed by atoms with van der Waals surface area (Å²) < 4.78 is 5.52. The van der Waals surface area contributed by atoms with E-state index in [4.69, 9.17) is 4.42 Å². The molecule has 1 atom stereocenters. The fourth-order valence-electron chi connectivity index (χ4n) is 1.14. The largest absolute Gasteiger partial charge is 0.424 e.